The van der Waals surface area contributed by atoms with Crippen molar-refractivity contribution in [2.24, 2.45) is 0 Å². The molecule has 0 atom stereocenters. The van der Waals surface area contributed by atoms with Crippen LogP contribution in [-0.4, -0.2) is 31.5 Å². The molecule has 0 bridgehead atoms. The van der Waals surface area contributed by atoms with Crippen molar-refractivity contribution in [2.45, 2.75) is 0 Å². The quantitative estimate of drug-likeness (QED) is 0.763. The maximum Gasteiger partial charge on any atom is 0.251 e. The highest BCUT2D eigenvalue weighted by atomic mass is 16.5. The van der Waals surface area contributed by atoms with E-state index < -0.39 is 0 Å². The van der Waals surface area contributed by atoms with Crippen molar-refractivity contribution >= 4 is 11.8 Å². The molecule has 0 spiro atoms. The predicted octanol–water partition coefficient (Wildman–Crippen LogP) is 1.61. The van der Waals surface area contributed by atoms with E-state index in [-0.39, 0.29) is 18.4 Å². The lowest BCUT2D eigenvalue weighted by atomic mass is 10.2. The standard InChI is InChI=1S/C17H18N2O3/c20-16(13-19-17(21)14-7-3-1-4-8-14)18-11-12-22-15-9-5-2-6-10-15/h1-10H,11-13H2,(H,18,20)(H,19,21). The van der Waals surface area contributed by atoms with Gasteiger partial charge in [0.1, 0.15) is 12.4 Å². The molecule has 2 aromatic carbocycles. The van der Waals surface area contributed by atoms with Gasteiger partial charge in [-0.1, -0.05) is 36.4 Å². The zero-order chi connectivity index (χ0) is 15.6. The number of ether oxygens (including phenoxy) is 1. The SMILES string of the molecule is O=C(CNC(=O)c1ccccc1)NCCOc1ccccc1. The van der Waals surface area contributed by atoms with Crippen molar-refractivity contribution in [1.29, 1.82) is 0 Å². The number of rotatable bonds is 7. The van der Waals surface area contributed by atoms with Crippen molar-refractivity contribution in [3.8, 4) is 5.75 Å². The second-order valence-corrected chi connectivity index (χ2v) is 4.56. The van der Waals surface area contributed by atoms with E-state index >= 15 is 0 Å². The van der Waals surface area contributed by atoms with Gasteiger partial charge in [-0.25, -0.2) is 0 Å². The normalized spacial score (nSPS) is 9.82. The number of nitrogens with one attached hydrogen (secondary N) is 2. The van der Waals surface area contributed by atoms with E-state index in [1.807, 2.05) is 36.4 Å². The third-order valence-corrected chi connectivity index (χ3v) is 2.88. The minimum atomic E-state index is -0.267. The topological polar surface area (TPSA) is 67.4 Å². The van der Waals surface area contributed by atoms with Crippen molar-refractivity contribution in [2.75, 3.05) is 19.7 Å². The van der Waals surface area contributed by atoms with Crippen LogP contribution in [0.5, 0.6) is 5.75 Å². The molecule has 2 amide bonds. The molecule has 2 aromatic rings. The summed E-state index contributed by atoms with van der Waals surface area (Å²) in [4.78, 5) is 23.4. The maximum absolute atomic E-state index is 11.7. The molecule has 5 nitrogen and oxygen atoms in total. The van der Waals surface area contributed by atoms with Gasteiger partial charge < -0.3 is 15.4 Å². The highest BCUT2D eigenvalue weighted by molar-refractivity contribution is 5.96. The first-order valence-electron chi connectivity index (χ1n) is 7.03. The van der Waals surface area contributed by atoms with Gasteiger partial charge in [-0.05, 0) is 24.3 Å². The molecular weight excluding hydrogens is 280 g/mol. The molecule has 0 aliphatic heterocycles. The van der Waals surface area contributed by atoms with Gasteiger partial charge in [0.25, 0.3) is 5.91 Å². The number of carbonyl (C=O) groups excluding carboxylic acids is 2. The van der Waals surface area contributed by atoms with E-state index in [0.29, 0.717) is 18.7 Å². The summed E-state index contributed by atoms with van der Waals surface area (Å²) in [7, 11) is 0. The van der Waals surface area contributed by atoms with Crippen LogP contribution < -0.4 is 15.4 Å². The second kappa shape index (κ2) is 8.46. The number of amides is 2. The molecule has 0 radical (unpaired) electrons. The zero-order valence-electron chi connectivity index (χ0n) is 12.1. The van der Waals surface area contributed by atoms with Crippen LogP contribution in [0.15, 0.2) is 60.7 Å². The molecule has 2 N–H and O–H groups in total. The summed E-state index contributed by atoms with van der Waals surface area (Å²) in [5, 5.41) is 5.25. The van der Waals surface area contributed by atoms with Gasteiger partial charge in [-0.2, -0.15) is 0 Å². The van der Waals surface area contributed by atoms with Crippen LogP contribution in [-0.2, 0) is 4.79 Å². The van der Waals surface area contributed by atoms with E-state index in [1.54, 1.807) is 24.3 Å². The summed E-state index contributed by atoms with van der Waals surface area (Å²) >= 11 is 0. The van der Waals surface area contributed by atoms with E-state index in [4.69, 9.17) is 4.74 Å². The van der Waals surface area contributed by atoms with Crippen LogP contribution in [0.4, 0.5) is 0 Å². The van der Waals surface area contributed by atoms with Crippen molar-refractivity contribution in [3.63, 3.8) is 0 Å². The van der Waals surface area contributed by atoms with E-state index in [9.17, 15) is 9.59 Å². The highest BCUT2D eigenvalue weighted by Gasteiger charge is 2.06. The molecule has 114 valence electrons. The Morgan fingerprint density at radius 2 is 1.50 bits per heavy atom. The van der Waals surface area contributed by atoms with Gasteiger partial charge in [0.15, 0.2) is 0 Å². The molecule has 22 heavy (non-hydrogen) atoms. The summed E-state index contributed by atoms with van der Waals surface area (Å²) in [5.41, 5.74) is 0.530. The Hall–Kier alpha value is -2.82. The Labute approximate surface area is 129 Å². The Morgan fingerprint density at radius 1 is 0.864 bits per heavy atom. The van der Waals surface area contributed by atoms with Crippen molar-refractivity contribution < 1.29 is 14.3 Å². The molecule has 0 saturated carbocycles. The fraction of sp³-hybridized carbons (Fsp3) is 0.176. The monoisotopic (exact) mass is 298 g/mol. The van der Waals surface area contributed by atoms with E-state index in [1.165, 1.54) is 0 Å². The van der Waals surface area contributed by atoms with E-state index in [2.05, 4.69) is 10.6 Å². The van der Waals surface area contributed by atoms with Gasteiger partial charge in [-0.15, -0.1) is 0 Å². The molecule has 5 heteroatoms. The van der Waals surface area contributed by atoms with Crippen LogP contribution in [0.25, 0.3) is 0 Å². The zero-order valence-corrected chi connectivity index (χ0v) is 12.1. The average molecular weight is 298 g/mol. The number of hydrogen-bond acceptors (Lipinski definition) is 3. The first kappa shape index (κ1) is 15.6. The smallest absolute Gasteiger partial charge is 0.251 e. The third kappa shape index (κ3) is 5.28. The molecule has 0 aliphatic rings. The number of carbonyl (C=O) groups is 2. The van der Waals surface area contributed by atoms with Crippen LogP contribution >= 0.6 is 0 Å². The molecule has 2 rings (SSSR count). The minimum Gasteiger partial charge on any atom is -0.492 e. The lowest BCUT2D eigenvalue weighted by molar-refractivity contribution is -0.120. The summed E-state index contributed by atoms with van der Waals surface area (Å²) in [6, 6.07) is 18.1. The average Bonchev–Trinajstić information content (AvgIpc) is 2.58. The molecule has 0 fully saturated rings. The lowest BCUT2D eigenvalue weighted by Gasteiger charge is -2.08. The fourth-order valence-electron chi connectivity index (χ4n) is 1.79. The maximum atomic E-state index is 11.7. The third-order valence-electron chi connectivity index (χ3n) is 2.88. The van der Waals surface area contributed by atoms with Crippen LogP contribution in [0.1, 0.15) is 10.4 Å². The summed E-state index contributed by atoms with van der Waals surface area (Å²) in [6.45, 7) is 0.705. The Balaban J connectivity index is 1.61. The molecule has 0 saturated heterocycles. The Morgan fingerprint density at radius 3 is 2.18 bits per heavy atom. The summed E-state index contributed by atoms with van der Waals surface area (Å²) in [5.74, 6) is 0.242. The number of benzene rings is 2. The van der Waals surface area contributed by atoms with Crippen LogP contribution in [0.2, 0.25) is 0 Å². The van der Waals surface area contributed by atoms with E-state index in [0.717, 1.165) is 5.75 Å². The van der Waals surface area contributed by atoms with Gasteiger partial charge in [0, 0.05) is 5.56 Å². The van der Waals surface area contributed by atoms with Gasteiger partial charge >= 0.3 is 0 Å². The highest BCUT2D eigenvalue weighted by Crippen LogP contribution is 2.07. The van der Waals surface area contributed by atoms with Crippen LogP contribution in [0.3, 0.4) is 0 Å². The number of hydrogen-bond donors (Lipinski definition) is 2. The number of para-hydroxylation sites is 1. The predicted molar refractivity (Wildman–Crippen MR) is 83.7 cm³/mol. The second-order valence-electron chi connectivity index (χ2n) is 4.56. The molecule has 0 aliphatic carbocycles. The Bertz CT molecular complexity index is 600. The van der Waals surface area contributed by atoms with Gasteiger partial charge in [-0.3, -0.25) is 9.59 Å². The van der Waals surface area contributed by atoms with Gasteiger partial charge in [0.05, 0.1) is 13.1 Å². The first-order valence-corrected chi connectivity index (χ1v) is 7.03. The van der Waals surface area contributed by atoms with Crippen molar-refractivity contribution in [3.05, 3.63) is 66.2 Å². The first-order chi connectivity index (χ1) is 10.8. The molecular formula is C17H18N2O3. The minimum absolute atomic E-state index is 0.0565. The lowest BCUT2D eigenvalue weighted by Crippen LogP contribution is -2.38. The molecule has 0 unspecified atom stereocenters. The fourth-order valence-corrected chi connectivity index (χ4v) is 1.79. The summed E-state index contributed by atoms with van der Waals surface area (Å²) < 4.78 is 5.45. The summed E-state index contributed by atoms with van der Waals surface area (Å²) in [6.07, 6.45) is 0. The van der Waals surface area contributed by atoms with Gasteiger partial charge in [0.2, 0.25) is 5.91 Å². The molecule has 0 heterocycles. The molecule has 0 aromatic heterocycles. The largest absolute Gasteiger partial charge is 0.492 e. The van der Waals surface area contributed by atoms with Crippen molar-refractivity contribution in [1.82, 2.24) is 10.6 Å². The Kier molecular flexibility index (Phi) is 5.99. The van der Waals surface area contributed by atoms with Crippen LogP contribution in [0, 0.1) is 0 Å².